The molecule has 3 rings (SSSR count). The Kier molecular flexibility index (Phi) is 4.44. The molecule has 0 spiro atoms. The van der Waals surface area contributed by atoms with Crippen molar-refractivity contribution in [2.24, 2.45) is 0 Å². The van der Waals surface area contributed by atoms with E-state index in [4.69, 9.17) is 9.47 Å². The summed E-state index contributed by atoms with van der Waals surface area (Å²) in [5.41, 5.74) is 2.82. The molecular formula is C20H21NO5. The summed E-state index contributed by atoms with van der Waals surface area (Å²) in [7, 11) is 0. The minimum atomic E-state index is -0.795. The van der Waals surface area contributed by atoms with Crippen molar-refractivity contribution in [3.05, 3.63) is 62.7 Å². The van der Waals surface area contributed by atoms with Crippen molar-refractivity contribution in [1.29, 1.82) is 0 Å². The van der Waals surface area contributed by atoms with Gasteiger partial charge in [0.2, 0.25) is 0 Å². The molecule has 136 valence electrons. The van der Waals surface area contributed by atoms with Crippen molar-refractivity contribution in [1.82, 2.24) is 0 Å². The first-order valence-electron chi connectivity index (χ1n) is 8.40. The number of ketones is 1. The molecule has 1 atom stereocenters. The van der Waals surface area contributed by atoms with Gasteiger partial charge in [0.05, 0.1) is 16.9 Å². The van der Waals surface area contributed by atoms with Gasteiger partial charge in [0.15, 0.2) is 5.78 Å². The van der Waals surface area contributed by atoms with Crippen molar-refractivity contribution in [2.45, 2.75) is 39.7 Å². The molecule has 0 bridgehead atoms. The number of hydrogen-bond donors (Lipinski definition) is 0. The van der Waals surface area contributed by atoms with Crippen LogP contribution in [0.4, 0.5) is 5.69 Å². The molecule has 2 aromatic rings. The maximum absolute atomic E-state index is 12.7. The van der Waals surface area contributed by atoms with Gasteiger partial charge >= 0.3 is 0 Å². The van der Waals surface area contributed by atoms with Crippen LogP contribution in [0.3, 0.4) is 0 Å². The van der Waals surface area contributed by atoms with Crippen molar-refractivity contribution in [3.8, 4) is 11.5 Å². The second-order valence-corrected chi connectivity index (χ2v) is 7.03. The summed E-state index contributed by atoms with van der Waals surface area (Å²) in [6.45, 7) is 7.88. The van der Waals surface area contributed by atoms with Crippen LogP contribution in [0.5, 0.6) is 11.5 Å². The average molecular weight is 355 g/mol. The second-order valence-electron chi connectivity index (χ2n) is 7.03. The fourth-order valence-corrected chi connectivity index (χ4v) is 3.22. The normalized spacial score (nSPS) is 18.8. The first kappa shape index (κ1) is 17.9. The van der Waals surface area contributed by atoms with E-state index in [9.17, 15) is 14.9 Å². The van der Waals surface area contributed by atoms with E-state index in [0.717, 1.165) is 16.7 Å². The zero-order valence-electron chi connectivity index (χ0n) is 15.3. The molecular weight excluding hydrogens is 334 g/mol. The molecule has 0 N–H and O–H groups in total. The number of non-ortho nitro benzene ring substituents is 1. The topological polar surface area (TPSA) is 78.7 Å². The summed E-state index contributed by atoms with van der Waals surface area (Å²) >= 11 is 0. The fraction of sp³-hybridized carbons (Fsp3) is 0.350. The molecule has 0 saturated heterocycles. The third kappa shape index (κ3) is 3.27. The Morgan fingerprint density at radius 1 is 1.19 bits per heavy atom. The first-order valence-corrected chi connectivity index (χ1v) is 8.40. The number of nitro benzene ring substituents is 1. The Balaban J connectivity index is 1.81. The second kappa shape index (κ2) is 6.44. The highest BCUT2D eigenvalue weighted by Gasteiger charge is 2.39. The molecule has 0 radical (unpaired) electrons. The van der Waals surface area contributed by atoms with Crippen LogP contribution in [0.2, 0.25) is 0 Å². The molecule has 1 aliphatic rings. The van der Waals surface area contributed by atoms with Crippen LogP contribution in [0.25, 0.3) is 0 Å². The van der Waals surface area contributed by atoms with E-state index in [1.54, 1.807) is 12.1 Å². The molecule has 0 aromatic heterocycles. The Morgan fingerprint density at radius 3 is 2.46 bits per heavy atom. The number of carbonyl (C=O) groups is 1. The van der Waals surface area contributed by atoms with Crippen molar-refractivity contribution < 1.29 is 19.2 Å². The van der Waals surface area contributed by atoms with Gasteiger partial charge in [-0.3, -0.25) is 14.9 Å². The number of benzene rings is 2. The van der Waals surface area contributed by atoms with Crippen LogP contribution in [0.1, 0.15) is 40.4 Å². The quantitative estimate of drug-likeness (QED) is 0.603. The number of aryl methyl sites for hydroxylation is 2. The van der Waals surface area contributed by atoms with E-state index in [-0.39, 0.29) is 24.5 Å². The number of nitro groups is 1. The van der Waals surface area contributed by atoms with Crippen molar-refractivity contribution >= 4 is 11.5 Å². The van der Waals surface area contributed by atoms with E-state index in [2.05, 4.69) is 0 Å². The monoisotopic (exact) mass is 355 g/mol. The molecule has 6 nitrogen and oxygen atoms in total. The van der Waals surface area contributed by atoms with Gasteiger partial charge in [0.25, 0.3) is 5.69 Å². The summed E-state index contributed by atoms with van der Waals surface area (Å²) in [6, 6.07) is 7.86. The van der Waals surface area contributed by atoms with Gasteiger partial charge in [-0.1, -0.05) is 6.07 Å². The fourth-order valence-electron chi connectivity index (χ4n) is 3.22. The average Bonchev–Trinajstić information content (AvgIpc) is 2.57. The number of Topliss-reactive ketones (excluding diaryl/α,β-unsaturated/α-hetero) is 1. The maximum Gasteiger partial charge on any atom is 0.269 e. The number of fused-ring (bicyclic) bond motifs is 1. The van der Waals surface area contributed by atoms with Gasteiger partial charge in [0, 0.05) is 12.1 Å². The Labute approximate surface area is 151 Å². The Morgan fingerprint density at radius 2 is 1.85 bits per heavy atom. The van der Waals surface area contributed by atoms with E-state index in [1.165, 1.54) is 12.1 Å². The third-order valence-corrected chi connectivity index (χ3v) is 4.74. The number of ether oxygens (including phenoxy) is 2. The Hall–Kier alpha value is -2.89. The van der Waals surface area contributed by atoms with Gasteiger partial charge in [-0.05, 0) is 56.5 Å². The molecule has 26 heavy (non-hydrogen) atoms. The minimum absolute atomic E-state index is 0.00292. The smallest absolute Gasteiger partial charge is 0.269 e. The predicted octanol–water partition coefficient (Wildman–Crippen LogP) is 4.32. The molecule has 0 aliphatic carbocycles. The first-order chi connectivity index (χ1) is 12.2. The number of rotatable bonds is 4. The van der Waals surface area contributed by atoms with Gasteiger partial charge in [-0.15, -0.1) is 0 Å². The van der Waals surface area contributed by atoms with Crippen molar-refractivity contribution in [2.75, 3.05) is 6.61 Å². The van der Waals surface area contributed by atoms with Gasteiger partial charge in [-0.25, -0.2) is 0 Å². The zero-order chi connectivity index (χ0) is 19.1. The van der Waals surface area contributed by atoms with Gasteiger partial charge in [0.1, 0.15) is 23.7 Å². The summed E-state index contributed by atoms with van der Waals surface area (Å²) in [5.74, 6) is 1.17. The summed E-state index contributed by atoms with van der Waals surface area (Å²) in [5, 5.41) is 10.7. The highest BCUT2D eigenvalue weighted by atomic mass is 16.6. The lowest BCUT2D eigenvalue weighted by molar-refractivity contribution is -0.384. The highest BCUT2D eigenvalue weighted by Crippen LogP contribution is 2.39. The molecule has 1 unspecified atom stereocenters. The van der Waals surface area contributed by atoms with E-state index < -0.39 is 10.5 Å². The third-order valence-electron chi connectivity index (χ3n) is 4.74. The maximum atomic E-state index is 12.7. The molecule has 2 aromatic carbocycles. The number of hydrogen-bond acceptors (Lipinski definition) is 5. The number of carbonyl (C=O) groups excluding carboxylic acids is 1. The molecule has 0 fully saturated rings. The lowest BCUT2D eigenvalue weighted by Crippen LogP contribution is -2.44. The molecule has 1 aliphatic heterocycles. The number of nitrogens with zero attached hydrogens (tertiary/aromatic N) is 1. The van der Waals surface area contributed by atoms with Crippen molar-refractivity contribution in [3.63, 3.8) is 0 Å². The van der Waals surface area contributed by atoms with Gasteiger partial charge < -0.3 is 9.47 Å². The van der Waals surface area contributed by atoms with Crippen LogP contribution in [0, 0.1) is 30.9 Å². The highest BCUT2D eigenvalue weighted by molar-refractivity contribution is 6.02. The predicted molar refractivity (Wildman–Crippen MR) is 97.2 cm³/mol. The molecule has 1 heterocycles. The van der Waals surface area contributed by atoms with E-state index >= 15 is 0 Å². The van der Waals surface area contributed by atoms with Crippen LogP contribution < -0.4 is 9.47 Å². The largest absolute Gasteiger partial charge is 0.489 e. The van der Waals surface area contributed by atoms with Crippen LogP contribution in [0.15, 0.2) is 30.3 Å². The SMILES string of the molecule is Cc1cc(C)c2c(c1C)OC(C)(COc1ccc([N+](=O)[O-])cc1)CC2=O. The van der Waals surface area contributed by atoms with Crippen LogP contribution in [-0.2, 0) is 0 Å². The van der Waals surface area contributed by atoms with Gasteiger partial charge in [-0.2, -0.15) is 0 Å². The minimum Gasteiger partial charge on any atom is -0.489 e. The standard InChI is InChI=1S/C20H21NO5/c1-12-9-13(2)18-17(22)10-20(4,26-19(18)14(12)3)11-25-16-7-5-15(6-8-16)21(23)24/h5-9H,10-11H2,1-4H3. The molecule has 0 saturated carbocycles. The van der Waals surface area contributed by atoms with E-state index in [0.29, 0.717) is 17.1 Å². The lowest BCUT2D eigenvalue weighted by Gasteiger charge is -2.36. The molecule has 0 amide bonds. The Bertz CT molecular complexity index is 888. The summed E-state index contributed by atoms with van der Waals surface area (Å²) < 4.78 is 12.0. The van der Waals surface area contributed by atoms with Crippen LogP contribution >= 0.6 is 0 Å². The lowest BCUT2D eigenvalue weighted by atomic mass is 9.87. The zero-order valence-corrected chi connectivity index (χ0v) is 15.3. The van der Waals surface area contributed by atoms with E-state index in [1.807, 2.05) is 33.8 Å². The van der Waals surface area contributed by atoms with Crippen LogP contribution in [-0.4, -0.2) is 22.9 Å². The molecule has 6 heteroatoms. The summed E-state index contributed by atoms with van der Waals surface area (Å²) in [6.07, 6.45) is 0.219. The summed E-state index contributed by atoms with van der Waals surface area (Å²) in [4.78, 5) is 23.0.